The van der Waals surface area contributed by atoms with E-state index in [1.165, 1.54) is 5.69 Å². The molecule has 2 aromatic rings. The fourth-order valence-corrected chi connectivity index (χ4v) is 2.30. The van der Waals surface area contributed by atoms with Gasteiger partial charge < -0.3 is 4.74 Å². The van der Waals surface area contributed by atoms with Gasteiger partial charge in [-0.15, -0.1) is 5.10 Å². The molecular formula is C11H17N7O. The predicted octanol–water partition coefficient (Wildman–Crippen LogP) is -0.483. The molecule has 19 heavy (non-hydrogen) atoms. The van der Waals surface area contributed by atoms with E-state index in [0.717, 1.165) is 25.5 Å². The van der Waals surface area contributed by atoms with E-state index in [1.54, 1.807) is 4.68 Å². The Labute approximate surface area is 111 Å². The van der Waals surface area contributed by atoms with Gasteiger partial charge in [0.2, 0.25) is 0 Å². The number of aromatic nitrogens is 6. The molecule has 1 fully saturated rings. The van der Waals surface area contributed by atoms with E-state index in [1.807, 2.05) is 31.0 Å². The minimum Gasteiger partial charge on any atom is -0.367 e. The van der Waals surface area contributed by atoms with E-state index in [2.05, 4.69) is 25.5 Å². The van der Waals surface area contributed by atoms with Crippen molar-refractivity contribution >= 4 is 0 Å². The van der Waals surface area contributed by atoms with Crippen molar-refractivity contribution in [1.29, 1.82) is 0 Å². The van der Waals surface area contributed by atoms with E-state index in [-0.39, 0.29) is 6.10 Å². The highest BCUT2D eigenvalue weighted by molar-refractivity contribution is 5.01. The summed E-state index contributed by atoms with van der Waals surface area (Å²) >= 11 is 0. The van der Waals surface area contributed by atoms with Crippen LogP contribution in [0.1, 0.15) is 17.6 Å². The normalized spacial score (nSPS) is 20.8. The van der Waals surface area contributed by atoms with Gasteiger partial charge in [0.25, 0.3) is 0 Å². The first kappa shape index (κ1) is 12.2. The third-order valence-corrected chi connectivity index (χ3v) is 3.40. The van der Waals surface area contributed by atoms with E-state index in [9.17, 15) is 0 Å². The summed E-state index contributed by atoms with van der Waals surface area (Å²) in [6.07, 6.45) is 1.75. The van der Waals surface area contributed by atoms with Gasteiger partial charge in [-0.2, -0.15) is 5.10 Å². The van der Waals surface area contributed by atoms with Crippen LogP contribution in [0.5, 0.6) is 0 Å². The number of nitrogens with zero attached hydrogens (tertiary/aromatic N) is 7. The van der Waals surface area contributed by atoms with Crippen LogP contribution < -0.4 is 0 Å². The molecule has 1 atom stereocenters. The predicted molar refractivity (Wildman–Crippen MR) is 66.0 cm³/mol. The molecule has 102 valence electrons. The van der Waals surface area contributed by atoms with Gasteiger partial charge in [0.1, 0.15) is 6.10 Å². The molecule has 0 saturated carbocycles. The standard InChI is InChI=1S/C11H17N7O/c1-16-9(3-4-12-16)7-18-5-6-19-10(8-18)11-13-14-15-17(11)2/h3-4,10H,5-8H2,1-2H3. The SMILES string of the molecule is Cn1nccc1CN1CCOC(c2nnnn2C)C1. The minimum atomic E-state index is -0.0676. The summed E-state index contributed by atoms with van der Waals surface area (Å²) in [6.45, 7) is 3.25. The highest BCUT2D eigenvalue weighted by Gasteiger charge is 2.26. The number of rotatable bonds is 3. The monoisotopic (exact) mass is 263 g/mol. The summed E-state index contributed by atoms with van der Waals surface area (Å²) in [4.78, 5) is 2.33. The highest BCUT2D eigenvalue weighted by Crippen LogP contribution is 2.20. The summed E-state index contributed by atoms with van der Waals surface area (Å²) in [7, 11) is 3.79. The van der Waals surface area contributed by atoms with Gasteiger partial charge in [0.15, 0.2) is 5.82 Å². The van der Waals surface area contributed by atoms with Crippen LogP contribution in [0.15, 0.2) is 12.3 Å². The van der Waals surface area contributed by atoms with Crippen molar-refractivity contribution in [3.63, 3.8) is 0 Å². The summed E-state index contributed by atoms with van der Waals surface area (Å²) in [5, 5.41) is 15.7. The highest BCUT2D eigenvalue weighted by atomic mass is 16.5. The third kappa shape index (κ3) is 2.49. The van der Waals surface area contributed by atoms with Crippen LogP contribution >= 0.6 is 0 Å². The summed E-state index contributed by atoms with van der Waals surface area (Å²) in [5.41, 5.74) is 1.19. The van der Waals surface area contributed by atoms with Gasteiger partial charge in [0, 0.05) is 39.9 Å². The largest absolute Gasteiger partial charge is 0.367 e. The van der Waals surface area contributed by atoms with E-state index >= 15 is 0 Å². The Bertz CT molecular complexity index is 549. The molecule has 8 heteroatoms. The molecule has 1 aliphatic heterocycles. The van der Waals surface area contributed by atoms with Crippen LogP contribution in [0.3, 0.4) is 0 Å². The van der Waals surface area contributed by atoms with Crippen LogP contribution in [0, 0.1) is 0 Å². The molecule has 0 N–H and O–H groups in total. The average Bonchev–Trinajstić information content (AvgIpc) is 3.00. The molecule has 0 aliphatic carbocycles. The molecule has 3 heterocycles. The van der Waals surface area contributed by atoms with Crippen molar-refractivity contribution in [3.05, 3.63) is 23.8 Å². The van der Waals surface area contributed by atoms with Crippen molar-refractivity contribution in [2.24, 2.45) is 14.1 Å². The lowest BCUT2D eigenvalue weighted by molar-refractivity contribution is -0.0395. The first-order valence-corrected chi connectivity index (χ1v) is 6.27. The second kappa shape index (κ2) is 5.06. The number of ether oxygens (including phenoxy) is 1. The number of tetrazole rings is 1. The fourth-order valence-electron chi connectivity index (χ4n) is 2.30. The molecule has 0 spiro atoms. The zero-order valence-corrected chi connectivity index (χ0v) is 11.1. The van der Waals surface area contributed by atoms with E-state index in [4.69, 9.17) is 4.74 Å². The molecule has 3 rings (SSSR count). The number of hydrogen-bond acceptors (Lipinski definition) is 6. The Morgan fingerprint density at radius 1 is 1.37 bits per heavy atom. The first-order chi connectivity index (χ1) is 9.24. The minimum absolute atomic E-state index is 0.0676. The first-order valence-electron chi connectivity index (χ1n) is 6.27. The molecule has 0 amide bonds. The van der Waals surface area contributed by atoms with Crippen LogP contribution in [0.4, 0.5) is 0 Å². The molecule has 0 aromatic carbocycles. The average molecular weight is 263 g/mol. The van der Waals surface area contributed by atoms with Crippen LogP contribution in [0.2, 0.25) is 0 Å². The van der Waals surface area contributed by atoms with E-state index in [0.29, 0.717) is 6.61 Å². The molecule has 8 nitrogen and oxygen atoms in total. The molecule has 2 aromatic heterocycles. The quantitative estimate of drug-likeness (QED) is 0.744. The molecular weight excluding hydrogens is 246 g/mol. The third-order valence-electron chi connectivity index (χ3n) is 3.40. The second-order valence-corrected chi connectivity index (χ2v) is 4.70. The van der Waals surface area contributed by atoms with Crippen molar-refractivity contribution in [1.82, 2.24) is 34.9 Å². The van der Waals surface area contributed by atoms with Crippen LogP contribution in [0.25, 0.3) is 0 Å². The maximum absolute atomic E-state index is 5.76. The van der Waals surface area contributed by atoms with Crippen LogP contribution in [-0.4, -0.2) is 54.6 Å². The second-order valence-electron chi connectivity index (χ2n) is 4.70. The van der Waals surface area contributed by atoms with Gasteiger partial charge in [-0.25, -0.2) is 4.68 Å². The van der Waals surface area contributed by atoms with Gasteiger partial charge in [-0.3, -0.25) is 9.58 Å². The maximum Gasteiger partial charge on any atom is 0.181 e. The van der Waals surface area contributed by atoms with Gasteiger partial charge >= 0.3 is 0 Å². The van der Waals surface area contributed by atoms with Crippen molar-refractivity contribution < 1.29 is 4.74 Å². The number of morpholine rings is 1. The van der Waals surface area contributed by atoms with Gasteiger partial charge in [0.05, 0.1) is 12.3 Å². The summed E-state index contributed by atoms with van der Waals surface area (Å²) in [5.74, 6) is 0.773. The smallest absolute Gasteiger partial charge is 0.181 e. The van der Waals surface area contributed by atoms with Crippen molar-refractivity contribution in [2.45, 2.75) is 12.6 Å². The molecule has 1 aliphatic rings. The van der Waals surface area contributed by atoms with Crippen molar-refractivity contribution in [3.8, 4) is 0 Å². The molecule has 1 saturated heterocycles. The van der Waals surface area contributed by atoms with Crippen molar-refractivity contribution in [2.75, 3.05) is 19.7 Å². The fraction of sp³-hybridized carbons (Fsp3) is 0.636. The molecule has 0 bridgehead atoms. The Morgan fingerprint density at radius 3 is 2.95 bits per heavy atom. The maximum atomic E-state index is 5.76. The Hall–Kier alpha value is -1.80. The topological polar surface area (TPSA) is 73.9 Å². The Kier molecular flexibility index (Phi) is 3.26. The summed E-state index contributed by atoms with van der Waals surface area (Å²) in [6, 6.07) is 2.04. The number of aryl methyl sites for hydroxylation is 2. The Morgan fingerprint density at radius 2 is 2.26 bits per heavy atom. The lowest BCUT2D eigenvalue weighted by Crippen LogP contribution is -2.39. The van der Waals surface area contributed by atoms with E-state index < -0.39 is 0 Å². The zero-order chi connectivity index (χ0) is 13.2. The van der Waals surface area contributed by atoms with Gasteiger partial charge in [-0.1, -0.05) is 0 Å². The number of hydrogen-bond donors (Lipinski definition) is 0. The lowest BCUT2D eigenvalue weighted by atomic mass is 10.2. The van der Waals surface area contributed by atoms with Gasteiger partial charge in [-0.05, 0) is 16.5 Å². The lowest BCUT2D eigenvalue weighted by Gasteiger charge is -2.31. The van der Waals surface area contributed by atoms with Crippen LogP contribution in [-0.2, 0) is 25.4 Å². The molecule has 0 radical (unpaired) electrons. The molecule has 1 unspecified atom stereocenters. The zero-order valence-electron chi connectivity index (χ0n) is 11.1. The Balaban J connectivity index is 1.68. The summed E-state index contributed by atoms with van der Waals surface area (Å²) < 4.78 is 9.32.